The number of benzene rings is 2. The normalized spacial score (nSPS) is 10.6. The summed E-state index contributed by atoms with van der Waals surface area (Å²) in [6, 6.07) is 18.1. The van der Waals surface area contributed by atoms with Gasteiger partial charge in [0.1, 0.15) is 5.75 Å². The van der Waals surface area contributed by atoms with E-state index in [9.17, 15) is 0 Å². The van der Waals surface area contributed by atoms with E-state index in [2.05, 4.69) is 33.8 Å². The van der Waals surface area contributed by atoms with Crippen LogP contribution >= 0.6 is 9.47 Å². The smallest absolute Gasteiger partial charge is 0.129 e. The zero-order chi connectivity index (χ0) is 11.2. The second-order valence-electron chi connectivity index (χ2n) is 3.40. The van der Waals surface area contributed by atoms with Gasteiger partial charge in [0.05, 0.1) is 9.47 Å². The number of hydrogen-bond donors (Lipinski definition) is 0. The van der Waals surface area contributed by atoms with Crippen LogP contribution in [0.25, 0.3) is 12.2 Å². The lowest BCUT2D eigenvalue weighted by molar-refractivity contribution is 0.644. The molecule has 0 aliphatic carbocycles. The van der Waals surface area contributed by atoms with Crippen molar-refractivity contribution in [1.82, 2.24) is 0 Å². The average molecular weight is 228 g/mol. The standard InChI is InChI=1S/C14H13OP/c16-15-14-9-5-4-8-13(14)11-10-12-6-2-1-3-7-12/h1-11H,16H2. The Bertz CT molecular complexity index is 477. The van der Waals surface area contributed by atoms with E-state index in [1.54, 1.807) is 0 Å². The maximum atomic E-state index is 5.20. The monoisotopic (exact) mass is 228 g/mol. The Labute approximate surface area is 98.1 Å². The largest absolute Gasteiger partial charge is 0.480 e. The van der Waals surface area contributed by atoms with E-state index >= 15 is 0 Å². The van der Waals surface area contributed by atoms with Gasteiger partial charge in [0.25, 0.3) is 0 Å². The van der Waals surface area contributed by atoms with Crippen LogP contribution in [0.5, 0.6) is 5.75 Å². The fourth-order valence-electron chi connectivity index (χ4n) is 1.48. The third kappa shape index (κ3) is 2.71. The van der Waals surface area contributed by atoms with E-state index in [1.165, 1.54) is 5.56 Å². The van der Waals surface area contributed by atoms with Crippen LogP contribution in [-0.4, -0.2) is 0 Å². The maximum absolute atomic E-state index is 5.20. The van der Waals surface area contributed by atoms with Crippen LogP contribution in [0.3, 0.4) is 0 Å². The molecule has 2 heteroatoms. The molecule has 0 saturated carbocycles. The summed E-state index contributed by atoms with van der Waals surface area (Å²) in [6.45, 7) is 0. The van der Waals surface area contributed by atoms with Gasteiger partial charge in [-0.1, -0.05) is 60.7 Å². The minimum Gasteiger partial charge on any atom is -0.480 e. The van der Waals surface area contributed by atoms with Gasteiger partial charge in [-0.25, -0.2) is 0 Å². The predicted octanol–water partition coefficient (Wildman–Crippen LogP) is 4.03. The predicted molar refractivity (Wildman–Crippen MR) is 72.2 cm³/mol. The molecule has 1 unspecified atom stereocenters. The molecule has 0 N–H and O–H groups in total. The first-order valence-corrected chi connectivity index (χ1v) is 5.56. The molecule has 0 heterocycles. The molecule has 0 aliphatic heterocycles. The minimum absolute atomic E-state index is 0.861. The van der Waals surface area contributed by atoms with Crippen molar-refractivity contribution < 1.29 is 4.52 Å². The van der Waals surface area contributed by atoms with Gasteiger partial charge >= 0.3 is 0 Å². The van der Waals surface area contributed by atoms with Crippen LogP contribution < -0.4 is 4.52 Å². The van der Waals surface area contributed by atoms with E-state index in [1.807, 2.05) is 42.5 Å². The topological polar surface area (TPSA) is 9.23 Å². The molecule has 0 fully saturated rings. The van der Waals surface area contributed by atoms with Crippen molar-refractivity contribution in [2.75, 3.05) is 0 Å². The fourth-order valence-corrected chi connectivity index (χ4v) is 1.69. The molecule has 80 valence electrons. The first kappa shape index (κ1) is 10.9. The third-order valence-corrected chi connectivity index (χ3v) is 2.55. The Balaban J connectivity index is 2.24. The highest BCUT2D eigenvalue weighted by Gasteiger charge is 1.96. The molecule has 0 bridgehead atoms. The van der Waals surface area contributed by atoms with Crippen molar-refractivity contribution in [3.05, 3.63) is 65.7 Å². The zero-order valence-corrected chi connectivity index (χ0v) is 9.99. The number of para-hydroxylation sites is 1. The van der Waals surface area contributed by atoms with E-state index in [-0.39, 0.29) is 0 Å². The lowest BCUT2D eigenvalue weighted by Crippen LogP contribution is -1.79. The second kappa shape index (κ2) is 5.48. The van der Waals surface area contributed by atoms with Gasteiger partial charge in [-0.15, -0.1) is 0 Å². The van der Waals surface area contributed by atoms with Crippen LogP contribution in [0.1, 0.15) is 11.1 Å². The van der Waals surface area contributed by atoms with Crippen molar-refractivity contribution in [2.45, 2.75) is 0 Å². The van der Waals surface area contributed by atoms with Crippen molar-refractivity contribution in [1.29, 1.82) is 0 Å². The molecular formula is C14H13OP. The minimum atomic E-state index is 0.861. The first-order valence-electron chi connectivity index (χ1n) is 5.09. The fraction of sp³-hybridized carbons (Fsp3) is 0. The summed E-state index contributed by atoms with van der Waals surface area (Å²) >= 11 is 0. The molecule has 0 aromatic heterocycles. The molecule has 0 amide bonds. The lowest BCUT2D eigenvalue weighted by atomic mass is 10.1. The average Bonchev–Trinajstić information content (AvgIpc) is 2.38. The molecule has 2 aromatic carbocycles. The summed E-state index contributed by atoms with van der Waals surface area (Å²) in [6.07, 6.45) is 4.12. The Hall–Kier alpha value is -1.59. The van der Waals surface area contributed by atoms with E-state index in [4.69, 9.17) is 4.52 Å². The van der Waals surface area contributed by atoms with Gasteiger partial charge in [-0.05, 0) is 11.6 Å². The molecule has 16 heavy (non-hydrogen) atoms. The summed E-state index contributed by atoms with van der Waals surface area (Å²) in [5, 5.41) is 0. The van der Waals surface area contributed by atoms with Crippen molar-refractivity contribution in [3.8, 4) is 5.75 Å². The quantitative estimate of drug-likeness (QED) is 0.569. The van der Waals surface area contributed by atoms with Crippen LogP contribution in [0, 0.1) is 0 Å². The molecule has 0 radical (unpaired) electrons. The first-order chi connectivity index (χ1) is 7.90. The van der Waals surface area contributed by atoms with Gasteiger partial charge in [-0.3, -0.25) is 0 Å². The van der Waals surface area contributed by atoms with Crippen LogP contribution in [0.2, 0.25) is 0 Å². The number of hydrogen-bond acceptors (Lipinski definition) is 1. The van der Waals surface area contributed by atoms with E-state index in [0.717, 1.165) is 11.3 Å². The summed E-state index contributed by atoms with van der Waals surface area (Å²) in [7, 11) is 2.27. The molecule has 2 rings (SSSR count). The summed E-state index contributed by atoms with van der Waals surface area (Å²) in [5.74, 6) is 0.861. The van der Waals surface area contributed by atoms with Crippen LogP contribution in [0.15, 0.2) is 54.6 Å². The van der Waals surface area contributed by atoms with Gasteiger partial charge in [0.2, 0.25) is 0 Å². The highest BCUT2D eigenvalue weighted by atomic mass is 31.0. The highest BCUT2D eigenvalue weighted by Crippen LogP contribution is 2.22. The molecule has 2 aromatic rings. The SMILES string of the molecule is POc1ccccc1C=Cc1ccccc1. The highest BCUT2D eigenvalue weighted by molar-refractivity contribution is 7.10. The van der Waals surface area contributed by atoms with E-state index < -0.39 is 0 Å². The van der Waals surface area contributed by atoms with Gasteiger partial charge < -0.3 is 4.52 Å². The van der Waals surface area contributed by atoms with Gasteiger partial charge in [0, 0.05) is 5.56 Å². The van der Waals surface area contributed by atoms with Crippen molar-refractivity contribution in [2.24, 2.45) is 0 Å². The Kier molecular flexibility index (Phi) is 3.74. The van der Waals surface area contributed by atoms with Crippen LogP contribution in [-0.2, 0) is 0 Å². The number of rotatable bonds is 3. The summed E-state index contributed by atoms with van der Waals surface area (Å²) in [4.78, 5) is 0. The van der Waals surface area contributed by atoms with Gasteiger partial charge in [0.15, 0.2) is 0 Å². The molecule has 1 nitrogen and oxygen atoms in total. The lowest BCUT2D eigenvalue weighted by Gasteiger charge is -2.02. The van der Waals surface area contributed by atoms with Gasteiger partial charge in [-0.2, -0.15) is 0 Å². The Morgan fingerprint density at radius 2 is 1.50 bits per heavy atom. The van der Waals surface area contributed by atoms with Crippen molar-refractivity contribution >= 4 is 21.6 Å². The second-order valence-corrected chi connectivity index (χ2v) is 3.64. The van der Waals surface area contributed by atoms with Crippen LogP contribution in [0.4, 0.5) is 0 Å². The maximum Gasteiger partial charge on any atom is 0.129 e. The Morgan fingerprint density at radius 1 is 0.812 bits per heavy atom. The molecular weight excluding hydrogens is 215 g/mol. The third-order valence-electron chi connectivity index (χ3n) is 2.30. The molecule has 0 aliphatic rings. The van der Waals surface area contributed by atoms with Crippen molar-refractivity contribution in [3.63, 3.8) is 0 Å². The van der Waals surface area contributed by atoms with E-state index in [0.29, 0.717) is 0 Å². The summed E-state index contributed by atoms with van der Waals surface area (Å²) in [5.41, 5.74) is 2.25. The summed E-state index contributed by atoms with van der Waals surface area (Å²) < 4.78 is 5.20. The molecule has 0 saturated heterocycles. The molecule has 0 spiro atoms. The molecule has 1 atom stereocenters. The zero-order valence-electron chi connectivity index (χ0n) is 8.84. The Morgan fingerprint density at radius 3 is 2.25 bits per heavy atom.